The molecule has 1 saturated carbocycles. The molecule has 5 heteroatoms. The van der Waals surface area contributed by atoms with Gasteiger partial charge in [0.25, 0.3) is 5.91 Å². The number of hydrogen-bond donors (Lipinski definition) is 1. The van der Waals surface area contributed by atoms with Crippen molar-refractivity contribution in [3.8, 4) is 0 Å². The second-order valence-corrected chi connectivity index (χ2v) is 5.80. The van der Waals surface area contributed by atoms with Crippen molar-refractivity contribution in [3.05, 3.63) is 24.0 Å². The van der Waals surface area contributed by atoms with E-state index in [0.29, 0.717) is 18.2 Å². The summed E-state index contributed by atoms with van der Waals surface area (Å²) in [5.41, 5.74) is 0.446. The Labute approximate surface area is 125 Å². The molecule has 0 spiro atoms. The van der Waals surface area contributed by atoms with Gasteiger partial charge in [0.1, 0.15) is 5.69 Å². The average molecular weight is 292 g/mol. The van der Waals surface area contributed by atoms with Crippen LogP contribution >= 0.6 is 0 Å². The van der Waals surface area contributed by atoms with Gasteiger partial charge in [-0.15, -0.1) is 0 Å². The number of aromatic nitrogens is 1. The highest BCUT2D eigenvalue weighted by molar-refractivity contribution is 5.90. The number of nitrogens with one attached hydrogen (secondary N) is 1. The van der Waals surface area contributed by atoms with Gasteiger partial charge in [-0.25, -0.2) is 4.79 Å². The van der Waals surface area contributed by atoms with E-state index in [-0.39, 0.29) is 5.91 Å². The number of carbonyl (C=O) groups is 2. The van der Waals surface area contributed by atoms with Gasteiger partial charge in [0, 0.05) is 19.8 Å². The topological polar surface area (TPSA) is 60.3 Å². The smallest absolute Gasteiger partial charge is 0.355 e. The van der Waals surface area contributed by atoms with E-state index in [1.165, 1.54) is 32.1 Å². The lowest BCUT2D eigenvalue weighted by Crippen LogP contribution is -2.38. The number of rotatable bonds is 5. The van der Waals surface area contributed by atoms with Crippen LogP contribution in [0.4, 0.5) is 0 Å². The lowest BCUT2D eigenvalue weighted by molar-refractivity contribution is -0.129. The summed E-state index contributed by atoms with van der Waals surface area (Å²) in [6, 6.07) is 3.44. The lowest BCUT2D eigenvalue weighted by Gasteiger charge is -2.22. The predicted octanol–water partition coefficient (Wildman–Crippen LogP) is 2.27. The fourth-order valence-corrected chi connectivity index (χ4v) is 2.73. The summed E-state index contributed by atoms with van der Waals surface area (Å²) in [6.07, 6.45) is 7.16. The maximum Gasteiger partial charge on any atom is 0.355 e. The lowest BCUT2D eigenvalue weighted by atomic mass is 9.89. The number of aryl methyl sites for hydroxylation is 1. The molecule has 1 aliphatic carbocycles. The van der Waals surface area contributed by atoms with Crippen molar-refractivity contribution in [2.75, 3.05) is 6.54 Å². The van der Waals surface area contributed by atoms with Gasteiger partial charge in [-0.05, 0) is 37.8 Å². The van der Waals surface area contributed by atoms with Crippen molar-refractivity contribution >= 4 is 11.9 Å². The first-order valence-corrected chi connectivity index (χ1v) is 7.68. The molecule has 0 aliphatic heterocycles. The molecule has 1 heterocycles. The molecule has 0 aromatic carbocycles. The largest absolute Gasteiger partial charge is 0.448 e. The van der Waals surface area contributed by atoms with Gasteiger partial charge in [0.05, 0.1) is 0 Å². The molecule has 5 nitrogen and oxygen atoms in total. The van der Waals surface area contributed by atoms with Crippen LogP contribution in [-0.4, -0.2) is 29.1 Å². The summed E-state index contributed by atoms with van der Waals surface area (Å²) in [4.78, 5) is 23.9. The summed E-state index contributed by atoms with van der Waals surface area (Å²) in [5.74, 6) is -0.121. The first-order valence-electron chi connectivity index (χ1n) is 7.68. The molecule has 1 fully saturated rings. The Bertz CT molecular complexity index is 489. The normalized spacial score (nSPS) is 17.2. The SMILES string of the molecule is C[C@@H](OC(=O)c1cccn1C)C(=O)NCC1CCCCC1. The highest BCUT2D eigenvalue weighted by Crippen LogP contribution is 2.22. The van der Waals surface area contributed by atoms with E-state index in [1.807, 2.05) is 0 Å². The minimum atomic E-state index is -0.768. The van der Waals surface area contributed by atoms with Gasteiger partial charge in [-0.1, -0.05) is 19.3 Å². The zero-order valence-electron chi connectivity index (χ0n) is 12.8. The molecule has 1 N–H and O–H groups in total. The number of amides is 1. The van der Waals surface area contributed by atoms with Crippen molar-refractivity contribution in [1.29, 1.82) is 0 Å². The Morgan fingerprint density at radius 3 is 2.71 bits per heavy atom. The van der Waals surface area contributed by atoms with Gasteiger partial charge in [-0.3, -0.25) is 4.79 Å². The Kier molecular flexibility index (Phi) is 5.42. The maximum absolute atomic E-state index is 12.0. The minimum Gasteiger partial charge on any atom is -0.448 e. The van der Waals surface area contributed by atoms with Gasteiger partial charge in [0.15, 0.2) is 6.10 Å². The van der Waals surface area contributed by atoms with E-state index in [4.69, 9.17) is 4.74 Å². The first kappa shape index (κ1) is 15.6. The van der Waals surface area contributed by atoms with Gasteiger partial charge in [0.2, 0.25) is 0 Å². The molecule has 0 unspecified atom stereocenters. The van der Waals surface area contributed by atoms with Crippen LogP contribution in [0.3, 0.4) is 0 Å². The molecule has 21 heavy (non-hydrogen) atoms. The highest BCUT2D eigenvalue weighted by Gasteiger charge is 2.21. The Morgan fingerprint density at radius 2 is 2.10 bits per heavy atom. The van der Waals surface area contributed by atoms with Gasteiger partial charge < -0.3 is 14.6 Å². The summed E-state index contributed by atoms with van der Waals surface area (Å²) in [7, 11) is 1.77. The van der Waals surface area contributed by atoms with Gasteiger partial charge >= 0.3 is 5.97 Å². The van der Waals surface area contributed by atoms with E-state index < -0.39 is 12.1 Å². The molecule has 1 aromatic rings. The summed E-state index contributed by atoms with van der Waals surface area (Å²) in [6.45, 7) is 2.29. The molecule has 0 bridgehead atoms. The molecule has 2 rings (SSSR count). The molecule has 1 amide bonds. The molecule has 0 saturated heterocycles. The van der Waals surface area contributed by atoms with Crippen molar-refractivity contribution in [3.63, 3.8) is 0 Å². The number of hydrogen-bond acceptors (Lipinski definition) is 3. The van der Waals surface area contributed by atoms with Crippen LogP contribution < -0.4 is 5.32 Å². The third kappa shape index (κ3) is 4.34. The predicted molar refractivity (Wildman–Crippen MR) is 79.9 cm³/mol. The molecule has 0 radical (unpaired) electrons. The Hall–Kier alpha value is -1.78. The number of ether oxygens (including phenoxy) is 1. The summed E-state index contributed by atoms with van der Waals surface area (Å²) >= 11 is 0. The fourth-order valence-electron chi connectivity index (χ4n) is 2.73. The monoisotopic (exact) mass is 292 g/mol. The van der Waals surface area contributed by atoms with E-state index in [1.54, 1.807) is 36.9 Å². The van der Waals surface area contributed by atoms with Crippen LogP contribution in [0.1, 0.15) is 49.5 Å². The molecule has 116 valence electrons. The minimum absolute atomic E-state index is 0.219. The second-order valence-electron chi connectivity index (χ2n) is 5.80. The van der Waals surface area contributed by atoms with E-state index >= 15 is 0 Å². The molecule has 1 atom stereocenters. The van der Waals surface area contributed by atoms with Crippen LogP contribution in [0.25, 0.3) is 0 Å². The van der Waals surface area contributed by atoms with Crippen molar-refractivity contribution < 1.29 is 14.3 Å². The van der Waals surface area contributed by atoms with Gasteiger partial charge in [-0.2, -0.15) is 0 Å². The van der Waals surface area contributed by atoms with Crippen molar-refractivity contribution in [2.45, 2.75) is 45.1 Å². The average Bonchev–Trinajstić information content (AvgIpc) is 2.92. The quantitative estimate of drug-likeness (QED) is 0.847. The molecule has 1 aromatic heterocycles. The van der Waals surface area contributed by atoms with Crippen molar-refractivity contribution in [2.24, 2.45) is 13.0 Å². The van der Waals surface area contributed by atoms with Crippen LogP contribution in [-0.2, 0) is 16.6 Å². The molecule has 1 aliphatic rings. The molecular formula is C16H24N2O3. The third-order valence-corrected chi connectivity index (χ3v) is 4.10. The van der Waals surface area contributed by atoms with E-state index in [9.17, 15) is 9.59 Å². The van der Waals surface area contributed by atoms with Crippen LogP contribution in [0.15, 0.2) is 18.3 Å². The molecular weight excluding hydrogens is 268 g/mol. The Balaban J connectivity index is 1.77. The first-order chi connectivity index (χ1) is 10.1. The maximum atomic E-state index is 12.0. The van der Waals surface area contributed by atoms with E-state index in [0.717, 1.165) is 0 Å². The number of esters is 1. The van der Waals surface area contributed by atoms with Crippen LogP contribution in [0.2, 0.25) is 0 Å². The summed E-state index contributed by atoms with van der Waals surface area (Å²) in [5, 5.41) is 2.89. The standard InChI is InChI=1S/C16H24N2O3/c1-12(21-16(20)14-9-6-10-18(14)2)15(19)17-11-13-7-4-3-5-8-13/h6,9-10,12-13H,3-5,7-8,11H2,1-2H3,(H,17,19)/t12-/m1/s1. The zero-order chi connectivity index (χ0) is 15.2. The van der Waals surface area contributed by atoms with Crippen molar-refractivity contribution in [1.82, 2.24) is 9.88 Å². The zero-order valence-corrected chi connectivity index (χ0v) is 12.8. The summed E-state index contributed by atoms with van der Waals surface area (Å²) < 4.78 is 6.88. The third-order valence-electron chi connectivity index (χ3n) is 4.10. The fraction of sp³-hybridized carbons (Fsp3) is 0.625. The highest BCUT2D eigenvalue weighted by atomic mass is 16.5. The Morgan fingerprint density at radius 1 is 1.38 bits per heavy atom. The number of carbonyl (C=O) groups excluding carboxylic acids is 2. The van der Waals surface area contributed by atoms with E-state index in [2.05, 4.69) is 5.32 Å². The number of nitrogens with zero attached hydrogens (tertiary/aromatic N) is 1. The van der Waals surface area contributed by atoms with Crippen LogP contribution in [0, 0.1) is 5.92 Å². The second kappa shape index (κ2) is 7.29. The van der Waals surface area contributed by atoms with Crippen LogP contribution in [0.5, 0.6) is 0 Å².